The molecule has 3 aromatic carbocycles. The number of hydrogen-bond acceptors (Lipinski definition) is 6. The van der Waals surface area contributed by atoms with Crippen molar-refractivity contribution in [2.75, 3.05) is 19.5 Å². The number of carbonyl (C=O) groups is 3. The van der Waals surface area contributed by atoms with E-state index >= 15 is 0 Å². The maximum Gasteiger partial charge on any atom is 0.334 e. The summed E-state index contributed by atoms with van der Waals surface area (Å²) < 4.78 is 15.9. The quantitative estimate of drug-likeness (QED) is 0.352. The highest BCUT2D eigenvalue weighted by molar-refractivity contribution is 6.06. The second-order valence-corrected chi connectivity index (χ2v) is 8.00. The van der Waals surface area contributed by atoms with Crippen molar-refractivity contribution in [3.05, 3.63) is 83.9 Å². The number of nitrogens with one attached hydrogen (secondary N) is 2. The smallest absolute Gasteiger partial charge is 0.334 e. The van der Waals surface area contributed by atoms with Crippen LogP contribution >= 0.6 is 0 Å². The molecular weight excluding hydrogens is 448 g/mol. The normalized spacial score (nSPS) is 11.3. The first-order chi connectivity index (χ1) is 16.8. The van der Waals surface area contributed by atoms with E-state index < -0.39 is 17.9 Å². The molecule has 2 amide bonds. The number of para-hydroxylation sites is 2. The van der Waals surface area contributed by atoms with E-state index in [-0.39, 0.29) is 17.6 Å². The maximum absolute atomic E-state index is 12.8. The van der Waals surface area contributed by atoms with E-state index in [1.807, 2.05) is 13.8 Å². The SMILES string of the molecule is COc1ccccc1C(=O)Nc1ccc(OC(=O)[C@@H](NC(=O)c2ccccc2OC)C(C)C)cc1. The number of anilines is 1. The summed E-state index contributed by atoms with van der Waals surface area (Å²) in [6, 6.07) is 19.1. The molecule has 2 N–H and O–H groups in total. The van der Waals surface area contributed by atoms with E-state index in [0.717, 1.165) is 0 Å². The number of carbonyl (C=O) groups excluding carboxylic acids is 3. The Morgan fingerprint density at radius 2 is 1.23 bits per heavy atom. The molecule has 0 saturated heterocycles. The molecule has 182 valence electrons. The van der Waals surface area contributed by atoms with Crippen LogP contribution in [0, 0.1) is 5.92 Å². The minimum Gasteiger partial charge on any atom is -0.496 e. The Balaban J connectivity index is 1.65. The Kier molecular flexibility index (Phi) is 8.45. The van der Waals surface area contributed by atoms with E-state index in [1.54, 1.807) is 72.8 Å². The lowest BCUT2D eigenvalue weighted by Crippen LogP contribution is -2.46. The second kappa shape index (κ2) is 11.7. The molecule has 0 saturated carbocycles. The molecule has 0 aliphatic heterocycles. The molecule has 0 aromatic heterocycles. The van der Waals surface area contributed by atoms with Crippen molar-refractivity contribution in [1.29, 1.82) is 0 Å². The number of benzene rings is 3. The fourth-order valence-electron chi connectivity index (χ4n) is 3.37. The van der Waals surface area contributed by atoms with E-state index in [2.05, 4.69) is 10.6 Å². The lowest BCUT2D eigenvalue weighted by atomic mass is 10.0. The predicted octanol–water partition coefficient (Wildman–Crippen LogP) is 4.32. The van der Waals surface area contributed by atoms with Gasteiger partial charge in [-0.1, -0.05) is 38.1 Å². The summed E-state index contributed by atoms with van der Waals surface area (Å²) in [6.07, 6.45) is 0. The number of methoxy groups -OCH3 is 2. The topological polar surface area (TPSA) is 103 Å². The lowest BCUT2D eigenvalue weighted by Gasteiger charge is -2.21. The summed E-state index contributed by atoms with van der Waals surface area (Å²) >= 11 is 0. The molecule has 0 radical (unpaired) electrons. The Bertz CT molecular complexity index is 1190. The van der Waals surface area contributed by atoms with Gasteiger partial charge in [-0.15, -0.1) is 0 Å². The van der Waals surface area contributed by atoms with Gasteiger partial charge in [0.2, 0.25) is 0 Å². The van der Waals surface area contributed by atoms with Crippen LogP contribution in [0.2, 0.25) is 0 Å². The van der Waals surface area contributed by atoms with Crippen LogP contribution in [0.4, 0.5) is 5.69 Å². The van der Waals surface area contributed by atoms with Gasteiger partial charge in [0.05, 0.1) is 25.3 Å². The molecule has 3 rings (SSSR count). The number of hydrogen-bond donors (Lipinski definition) is 2. The summed E-state index contributed by atoms with van der Waals surface area (Å²) in [7, 11) is 2.97. The minimum absolute atomic E-state index is 0.222. The highest BCUT2D eigenvalue weighted by Gasteiger charge is 2.27. The average Bonchev–Trinajstić information content (AvgIpc) is 2.87. The van der Waals surface area contributed by atoms with E-state index in [9.17, 15) is 14.4 Å². The number of rotatable bonds is 9. The third-order valence-electron chi connectivity index (χ3n) is 5.24. The maximum atomic E-state index is 12.8. The third-order valence-corrected chi connectivity index (χ3v) is 5.24. The molecule has 0 bridgehead atoms. The van der Waals surface area contributed by atoms with Gasteiger partial charge in [-0.05, 0) is 54.4 Å². The van der Waals surface area contributed by atoms with Gasteiger partial charge in [0.25, 0.3) is 11.8 Å². The molecule has 0 spiro atoms. The summed E-state index contributed by atoms with van der Waals surface area (Å²) in [4.78, 5) is 38.2. The Morgan fingerprint density at radius 1 is 0.714 bits per heavy atom. The zero-order valence-electron chi connectivity index (χ0n) is 20.0. The number of amides is 2. The van der Waals surface area contributed by atoms with Gasteiger partial charge in [0.15, 0.2) is 0 Å². The average molecular weight is 477 g/mol. The first-order valence-electron chi connectivity index (χ1n) is 11.0. The van der Waals surface area contributed by atoms with Crippen molar-refractivity contribution >= 4 is 23.5 Å². The highest BCUT2D eigenvalue weighted by Crippen LogP contribution is 2.22. The fourth-order valence-corrected chi connectivity index (χ4v) is 3.37. The zero-order chi connectivity index (χ0) is 25.4. The predicted molar refractivity (Wildman–Crippen MR) is 132 cm³/mol. The van der Waals surface area contributed by atoms with Gasteiger partial charge in [-0.3, -0.25) is 9.59 Å². The van der Waals surface area contributed by atoms with Crippen LogP contribution in [0.5, 0.6) is 17.2 Å². The first-order valence-corrected chi connectivity index (χ1v) is 11.0. The molecule has 0 heterocycles. The molecular formula is C27H28N2O6. The molecule has 0 aliphatic rings. The molecule has 1 atom stereocenters. The lowest BCUT2D eigenvalue weighted by molar-refractivity contribution is -0.137. The van der Waals surface area contributed by atoms with Gasteiger partial charge in [-0.2, -0.15) is 0 Å². The largest absolute Gasteiger partial charge is 0.496 e. The molecule has 0 fully saturated rings. The molecule has 3 aromatic rings. The van der Waals surface area contributed by atoms with Gasteiger partial charge < -0.3 is 24.8 Å². The highest BCUT2D eigenvalue weighted by atomic mass is 16.5. The Morgan fingerprint density at radius 3 is 1.74 bits per heavy atom. The van der Waals surface area contributed by atoms with Crippen molar-refractivity contribution in [3.8, 4) is 17.2 Å². The van der Waals surface area contributed by atoms with E-state index in [4.69, 9.17) is 14.2 Å². The van der Waals surface area contributed by atoms with Gasteiger partial charge >= 0.3 is 5.97 Å². The van der Waals surface area contributed by atoms with Crippen LogP contribution in [0.3, 0.4) is 0 Å². The zero-order valence-corrected chi connectivity index (χ0v) is 20.0. The van der Waals surface area contributed by atoms with Crippen molar-refractivity contribution in [3.63, 3.8) is 0 Å². The fraction of sp³-hybridized carbons (Fsp3) is 0.222. The summed E-state index contributed by atoms with van der Waals surface area (Å²) in [5.74, 6) is -0.437. The monoisotopic (exact) mass is 476 g/mol. The van der Waals surface area contributed by atoms with Crippen LogP contribution in [-0.2, 0) is 4.79 Å². The van der Waals surface area contributed by atoms with Crippen LogP contribution in [0.1, 0.15) is 34.6 Å². The number of ether oxygens (including phenoxy) is 3. The Labute approximate surface area is 204 Å². The molecule has 8 heteroatoms. The second-order valence-electron chi connectivity index (χ2n) is 8.00. The van der Waals surface area contributed by atoms with Gasteiger partial charge in [0, 0.05) is 5.69 Å². The van der Waals surface area contributed by atoms with Crippen LogP contribution < -0.4 is 24.8 Å². The van der Waals surface area contributed by atoms with Gasteiger partial charge in [0.1, 0.15) is 23.3 Å². The standard InChI is InChI=1S/C27H28N2O6/c1-17(2)24(29-26(31)21-10-6-8-12-23(21)34-4)27(32)35-19-15-13-18(14-16-19)28-25(30)20-9-5-7-11-22(20)33-3/h5-17,24H,1-4H3,(H,28,30)(H,29,31)/t24-/m0/s1. The van der Waals surface area contributed by atoms with Crippen molar-refractivity contribution in [2.24, 2.45) is 5.92 Å². The third kappa shape index (κ3) is 6.38. The summed E-state index contributed by atoms with van der Waals surface area (Å²) in [6.45, 7) is 3.62. The van der Waals surface area contributed by atoms with E-state index in [1.165, 1.54) is 14.2 Å². The minimum atomic E-state index is -0.877. The molecule has 35 heavy (non-hydrogen) atoms. The van der Waals surface area contributed by atoms with Crippen LogP contribution in [-0.4, -0.2) is 38.0 Å². The summed E-state index contributed by atoms with van der Waals surface area (Å²) in [5, 5.41) is 5.51. The molecule has 0 unspecified atom stereocenters. The first kappa shape index (κ1) is 25.3. The van der Waals surface area contributed by atoms with Crippen molar-refractivity contribution < 1.29 is 28.6 Å². The van der Waals surface area contributed by atoms with Crippen LogP contribution in [0.15, 0.2) is 72.8 Å². The van der Waals surface area contributed by atoms with Crippen LogP contribution in [0.25, 0.3) is 0 Å². The Hall–Kier alpha value is -4.33. The van der Waals surface area contributed by atoms with Crippen molar-refractivity contribution in [1.82, 2.24) is 5.32 Å². The summed E-state index contributed by atoms with van der Waals surface area (Å²) in [5.41, 5.74) is 1.24. The molecule has 0 aliphatic carbocycles. The van der Waals surface area contributed by atoms with Crippen molar-refractivity contribution in [2.45, 2.75) is 19.9 Å². The number of esters is 1. The molecule has 8 nitrogen and oxygen atoms in total. The van der Waals surface area contributed by atoms with E-state index in [0.29, 0.717) is 28.3 Å². The van der Waals surface area contributed by atoms with Gasteiger partial charge in [-0.25, -0.2) is 4.79 Å².